The molecule has 0 heterocycles. The lowest BCUT2D eigenvalue weighted by atomic mass is 9.99. The minimum atomic E-state index is 0.668. The third kappa shape index (κ3) is 14.4. The Bertz CT molecular complexity index is 222. The van der Waals surface area contributed by atoms with Crippen molar-refractivity contribution in [3.63, 3.8) is 0 Å². The maximum absolute atomic E-state index is 4.17. The molecule has 0 aliphatic carbocycles. The summed E-state index contributed by atoms with van der Waals surface area (Å²) in [6, 6.07) is 0.668. The first kappa shape index (κ1) is 20.7. The lowest BCUT2D eigenvalue weighted by Gasteiger charge is -2.19. The van der Waals surface area contributed by atoms with E-state index < -0.39 is 0 Å². The van der Waals surface area contributed by atoms with Crippen molar-refractivity contribution >= 4 is 0 Å². The van der Waals surface area contributed by atoms with Crippen LogP contribution in [0.15, 0.2) is 12.2 Å². The lowest BCUT2D eigenvalue weighted by Crippen LogP contribution is -2.30. The Kier molecular flexibility index (Phi) is 15.8. The number of nitrogens with one attached hydrogen (secondary N) is 1. The summed E-state index contributed by atoms with van der Waals surface area (Å²) >= 11 is 0. The Morgan fingerprint density at radius 1 is 0.810 bits per heavy atom. The van der Waals surface area contributed by atoms with Gasteiger partial charge in [-0.25, -0.2) is 0 Å². The SMILES string of the molecule is C=C(CC)CC(CCCCCCCCCCC)NCCC. The molecule has 0 rings (SSSR count). The molecule has 1 N–H and O–H groups in total. The molecule has 0 aromatic carbocycles. The molecule has 0 aromatic rings. The highest BCUT2D eigenvalue weighted by atomic mass is 14.9. The Labute approximate surface area is 135 Å². The normalized spacial score (nSPS) is 12.5. The van der Waals surface area contributed by atoms with Crippen molar-refractivity contribution in [3.8, 4) is 0 Å². The zero-order valence-corrected chi connectivity index (χ0v) is 15.2. The largest absolute Gasteiger partial charge is 0.314 e. The van der Waals surface area contributed by atoms with Crippen molar-refractivity contribution in [2.75, 3.05) is 6.54 Å². The van der Waals surface area contributed by atoms with E-state index in [4.69, 9.17) is 0 Å². The quantitative estimate of drug-likeness (QED) is 0.249. The molecule has 1 heteroatoms. The first-order chi connectivity index (χ1) is 10.2. The summed E-state index contributed by atoms with van der Waals surface area (Å²) in [5, 5.41) is 3.70. The molecule has 0 aliphatic heterocycles. The van der Waals surface area contributed by atoms with Gasteiger partial charge in [-0.2, -0.15) is 0 Å². The van der Waals surface area contributed by atoms with Crippen molar-refractivity contribution in [1.82, 2.24) is 5.32 Å². The van der Waals surface area contributed by atoms with Gasteiger partial charge in [0.15, 0.2) is 0 Å². The van der Waals surface area contributed by atoms with Crippen LogP contribution < -0.4 is 5.32 Å². The smallest absolute Gasteiger partial charge is 0.0104 e. The number of rotatable bonds is 16. The molecule has 0 spiro atoms. The molecule has 0 fully saturated rings. The van der Waals surface area contributed by atoms with Gasteiger partial charge in [0.05, 0.1) is 0 Å². The second kappa shape index (κ2) is 16.1. The summed E-state index contributed by atoms with van der Waals surface area (Å²) in [6.45, 7) is 12.1. The average molecular weight is 296 g/mol. The predicted octanol–water partition coefficient (Wildman–Crippen LogP) is 6.63. The van der Waals surface area contributed by atoms with E-state index in [1.165, 1.54) is 82.6 Å². The molecule has 0 saturated carbocycles. The molecule has 0 aliphatic rings. The lowest BCUT2D eigenvalue weighted by molar-refractivity contribution is 0.446. The number of unbranched alkanes of at least 4 members (excludes halogenated alkanes) is 8. The van der Waals surface area contributed by atoms with Gasteiger partial charge in [0, 0.05) is 6.04 Å². The van der Waals surface area contributed by atoms with Crippen LogP contribution in [0.1, 0.15) is 104 Å². The van der Waals surface area contributed by atoms with E-state index in [0.717, 1.165) is 13.0 Å². The molecular weight excluding hydrogens is 254 g/mol. The van der Waals surface area contributed by atoms with E-state index in [9.17, 15) is 0 Å². The first-order valence-corrected chi connectivity index (χ1v) is 9.64. The second-order valence-electron chi connectivity index (χ2n) is 6.58. The van der Waals surface area contributed by atoms with Crippen LogP contribution in [0.2, 0.25) is 0 Å². The van der Waals surface area contributed by atoms with Gasteiger partial charge in [-0.15, -0.1) is 0 Å². The Morgan fingerprint density at radius 3 is 1.90 bits per heavy atom. The van der Waals surface area contributed by atoms with E-state index in [1.54, 1.807) is 0 Å². The monoisotopic (exact) mass is 295 g/mol. The maximum atomic E-state index is 4.17. The average Bonchev–Trinajstić information content (AvgIpc) is 2.50. The van der Waals surface area contributed by atoms with E-state index in [-0.39, 0.29) is 0 Å². The van der Waals surface area contributed by atoms with Crippen molar-refractivity contribution < 1.29 is 0 Å². The molecule has 0 amide bonds. The Balaban J connectivity index is 3.55. The van der Waals surface area contributed by atoms with Gasteiger partial charge in [0.2, 0.25) is 0 Å². The summed E-state index contributed by atoms with van der Waals surface area (Å²) in [5.41, 5.74) is 1.40. The van der Waals surface area contributed by atoms with Crippen LogP contribution in [0.3, 0.4) is 0 Å². The molecule has 126 valence electrons. The van der Waals surface area contributed by atoms with Crippen LogP contribution in [0.25, 0.3) is 0 Å². The predicted molar refractivity (Wildman–Crippen MR) is 98.0 cm³/mol. The summed E-state index contributed by atoms with van der Waals surface area (Å²) in [5.74, 6) is 0. The van der Waals surface area contributed by atoms with E-state index in [0.29, 0.717) is 6.04 Å². The van der Waals surface area contributed by atoms with Gasteiger partial charge in [-0.3, -0.25) is 0 Å². The fourth-order valence-corrected chi connectivity index (χ4v) is 2.82. The molecule has 0 bridgehead atoms. The van der Waals surface area contributed by atoms with E-state index in [2.05, 4.69) is 32.7 Å². The molecule has 0 aromatic heterocycles. The van der Waals surface area contributed by atoms with Crippen LogP contribution in [0.4, 0.5) is 0 Å². The van der Waals surface area contributed by atoms with Crippen molar-refractivity contribution in [3.05, 3.63) is 12.2 Å². The van der Waals surface area contributed by atoms with E-state index >= 15 is 0 Å². The summed E-state index contributed by atoms with van der Waals surface area (Å²) < 4.78 is 0. The molecular formula is C20H41N. The summed E-state index contributed by atoms with van der Waals surface area (Å²) in [6.07, 6.45) is 17.6. The van der Waals surface area contributed by atoms with Crippen LogP contribution in [0, 0.1) is 0 Å². The Morgan fingerprint density at radius 2 is 1.38 bits per heavy atom. The summed E-state index contributed by atoms with van der Waals surface area (Å²) in [7, 11) is 0. The molecule has 21 heavy (non-hydrogen) atoms. The van der Waals surface area contributed by atoms with Gasteiger partial charge >= 0.3 is 0 Å². The van der Waals surface area contributed by atoms with Gasteiger partial charge < -0.3 is 5.32 Å². The highest BCUT2D eigenvalue weighted by Gasteiger charge is 2.08. The van der Waals surface area contributed by atoms with Crippen LogP contribution in [0.5, 0.6) is 0 Å². The van der Waals surface area contributed by atoms with Crippen LogP contribution in [-0.2, 0) is 0 Å². The third-order valence-corrected chi connectivity index (χ3v) is 4.37. The highest BCUT2D eigenvalue weighted by Crippen LogP contribution is 2.15. The highest BCUT2D eigenvalue weighted by molar-refractivity contribution is 4.96. The fourth-order valence-electron chi connectivity index (χ4n) is 2.82. The van der Waals surface area contributed by atoms with Gasteiger partial charge in [-0.05, 0) is 32.2 Å². The third-order valence-electron chi connectivity index (χ3n) is 4.37. The number of hydrogen-bond donors (Lipinski definition) is 1. The molecule has 1 nitrogen and oxygen atoms in total. The second-order valence-corrected chi connectivity index (χ2v) is 6.58. The van der Waals surface area contributed by atoms with Gasteiger partial charge in [0.25, 0.3) is 0 Å². The molecule has 0 saturated heterocycles. The van der Waals surface area contributed by atoms with E-state index in [1.807, 2.05) is 0 Å². The van der Waals surface area contributed by atoms with Gasteiger partial charge in [0.1, 0.15) is 0 Å². The van der Waals surface area contributed by atoms with Crippen molar-refractivity contribution in [2.45, 2.75) is 110 Å². The standard InChI is InChI=1S/C20H41N/c1-5-8-9-10-11-12-13-14-15-16-20(21-17-6-2)18-19(4)7-3/h20-21H,4-18H2,1-3H3. The van der Waals surface area contributed by atoms with Crippen molar-refractivity contribution in [2.24, 2.45) is 0 Å². The topological polar surface area (TPSA) is 12.0 Å². The van der Waals surface area contributed by atoms with Crippen molar-refractivity contribution in [1.29, 1.82) is 0 Å². The zero-order valence-electron chi connectivity index (χ0n) is 15.2. The first-order valence-electron chi connectivity index (χ1n) is 9.64. The van der Waals surface area contributed by atoms with Gasteiger partial charge in [-0.1, -0.05) is 90.7 Å². The molecule has 1 atom stereocenters. The summed E-state index contributed by atoms with van der Waals surface area (Å²) in [4.78, 5) is 0. The van der Waals surface area contributed by atoms with Crippen LogP contribution in [-0.4, -0.2) is 12.6 Å². The fraction of sp³-hybridized carbons (Fsp3) is 0.900. The van der Waals surface area contributed by atoms with Crippen LogP contribution >= 0.6 is 0 Å². The molecule has 1 unspecified atom stereocenters. The maximum Gasteiger partial charge on any atom is 0.0104 e. The minimum Gasteiger partial charge on any atom is -0.314 e. The Hall–Kier alpha value is -0.300. The molecule has 0 radical (unpaired) electrons. The zero-order chi connectivity index (χ0) is 15.8. The minimum absolute atomic E-state index is 0.668. The number of hydrogen-bond acceptors (Lipinski definition) is 1.